The number of nitrogens with zero attached hydrogens (tertiary/aromatic N) is 1. The van der Waals surface area contributed by atoms with E-state index in [0.29, 0.717) is 18.0 Å². The molecule has 1 amide bonds. The smallest absolute Gasteiger partial charge is 0.260 e. The minimum Gasteiger partial charge on any atom is -0.477 e. The molecule has 0 aromatic heterocycles. The predicted molar refractivity (Wildman–Crippen MR) is 67.4 cm³/mol. The van der Waals surface area contributed by atoms with E-state index in [0.717, 1.165) is 5.56 Å². The molecule has 0 bridgehead atoms. The number of hydrogen-bond donors (Lipinski definition) is 0. The molecule has 0 fully saturated rings. The van der Waals surface area contributed by atoms with Crippen LogP contribution in [0.1, 0.15) is 12.5 Å². The van der Waals surface area contributed by atoms with Gasteiger partial charge in [-0.15, -0.1) is 11.6 Å². The summed E-state index contributed by atoms with van der Waals surface area (Å²) < 4.78 is 5.46. The second-order valence-electron chi connectivity index (χ2n) is 3.82. The first-order valence-electron chi connectivity index (χ1n) is 5.52. The molecule has 1 heterocycles. The molecule has 3 nitrogen and oxygen atoms in total. The van der Waals surface area contributed by atoms with Gasteiger partial charge in [0.15, 0.2) is 6.23 Å². The Hall–Kier alpha value is -1.48. The summed E-state index contributed by atoms with van der Waals surface area (Å²) in [6.07, 6.45) is 1.28. The van der Waals surface area contributed by atoms with Gasteiger partial charge in [0, 0.05) is 12.4 Å². The third-order valence-electron chi connectivity index (χ3n) is 2.72. The molecule has 0 spiro atoms. The van der Waals surface area contributed by atoms with E-state index in [1.807, 2.05) is 37.3 Å². The standard InChI is InChI=1S/C13H14ClNO2/c1-10-15(8-7-14)13(16)12(9-17-10)11-5-3-2-4-6-11/h2-6,9-10H,7-8H2,1H3. The summed E-state index contributed by atoms with van der Waals surface area (Å²) in [5, 5.41) is 0. The van der Waals surface area contributed by atoms with E-state index in [2.05, 4.69) is 0 Å². The fourth-order valence-electron chi connectivity index (χ4n) is 1.79. The Morgan fingerprint density at radius 3 is 2.71 bits per heavy atom. The summed E-state index contributed by atoms with van der Waals surface area (Å²) in [6, 6.07) is 9.49. The van der Waals surface area contributed by atoms with Crippen LogP contribution >= 0.6 is 11.6 Å². The Morgan fingerprint density at radius 2 is 2.06 bits per heavy atom. The van der Waals surface area contributed by atoms with Crippen molar-refractivity contribution in [2.45, 2.75) is 13.2 Å². The zero-order chi connectivity index (χ0) is 12.3. The highest BCUT2D eigenvalue weighted by Crippen LogP contribution is 2.23. The summed E-state index contributed by atoms with van der Waals surface area (Å²) in [7, 11) is 0. The van der Waals surface area contributed by atoms with Crippen LogP contribution in [-0.4, -0.2) is 29.5 Å². The summed E-state index contributed by atoms with van der Waals surface area (Å²) in [5.41, 5.74) is 1.44. The number of halogens is 1. The van der Waals surface area contributed by atoms with Gasteiger partial charge < -0.3 is 9.64 Å². The molecule has 1 atom stereocenters. The first kappa shape index (κ1) is 12.0. The highest BCUT2D eigenvalue weighted by Gasteiger charge is 2.28. The zero-order valence-electron chi connectivity index (χ0n) is 9.60. The van der Waals surface area contributed by atoms with Crippen LogP contribution < -0.4 is 0 Å². The molecule has 0 aliphatic carbocycles. The monoisotopic (exact) mass is 251 g/mol. The van der Waals surface area contributed by atoms with Crippen molar-refractivity contribution in [3.63, 3.8) is 0 Å². The molecule has 1 aliphatic heterocycles. The summed E-state index contributed by atoms with van der Waals surface area (Å²) in [5.74, 6) is 0.372. The molecule has 17 heavy (non-hydrogen) atoms. The molecule has 2 rings (SSSR count). The number of ether oxygens (including phenoxy) is 1. The maximum atomic E-state index is 12.2. The first-order valence-corrected chi connectivity index (χ1v) is 6.05. The van der Waals surface area contributed by atoms with E-state index in [9.17, 15) is 4.79 Å². The molecular formula is C13H14ClNO2. The minimum absolute atomic E-state index is 0.0319. The fourth-order valence-corrected chi connectivity index (χ4v) is 1.98. The third-order valence-corrected chi connectivity index (χ3v) is 2.89. The van der Waals surface area contributed by atoms with Crippen LogP contribution in [0, 0.1) is 0 Å². The summed E-state index contributed by atoms with van der Waals surface area (Å²) >= 11 is 5.69. The number of carbonyl (C=O) groups is 1. The Morgan fingerprint density at radius 1 is 1.35 bits per heavy atom. The second kappa shape index (κ2) is 5.23. The largest absolute Gasteiger partial charge is 0.477 e. The van der Waals surface area contributed by atoms with Crippen molar-refractivity contribution < 1.29 is 9.53 Å². The van der Waals surface area contributed by atoms with E-state index >= 15 is 0 Å². The average molecular weight is 252 g/mol. The van der Waals surface area contributed by atoms with E-state index < -0.39 is 0 Å². The lowest BCUT2D eigenvalue weighted by Crippen LogP contribution is -2.43. The number of amides is 1. The van der Waals surface area contributed by atoms with Crippen molar-refractivity contribution in [2.24, 2.45) is 0 Å². The van der Waals surface area contributed by atoms with Gasteiger partial charge in [0.1, 0.15) is 0 Å². The Kier molecular flexibility index (Phi) is 3.69. The molecule has 0 N–H and O–H groups in total. The number of rotatable bonds is 3. The molecule has 1 aromatic carbocycles. The predicted octanol–water partition coefficient (Wildman–Crippen LogP) is 2.47. The molecule has 0 radical (unpaired) electrons. The summed E-state index contributed by atoms with van der Waals surface area (Å²) in [4.78, 5) is 13.9. The van der Waals surface area contributed by atoms with E-state index in [-0.39, 0.29) is 12.1 Å². The number of hydrogen-bond acceptors (Lipinski definition) is 2. The van der Waals surface area contributed by atoms with Gasteiger partial charge in [-0.05, 0) is 12.5 Å². The molecule has 1 unspecified atom stereocenters. The van der Waals surface area contributed by atoms with E-state index in [4.69, 9.17) is 16.3 Å². The van der Waals surface area contributed by atoms with Crippen molar-refractivity contribution in [1.82, 2.24) is 4.90 Å². The van der Waals surface area contributed by atoms with Crippen LogP contribution in [0.25, 0.3) is 5.57 Å². The number of alkyl halides is 1. The van der Waals surface area contributed by atoms with Gasteiger partial charge in [0.2, 0.25) is 0 Å². The molecule has 0 saturated carbocycles. The van der Waals surface area contributed by atoms with Gasteiger partial charge >= 0.3 is 0 Å². The maximum Gasteiger partial charge on any atom is 0.260 e. The van der Waals surface area contributed by atoms with Gasteiger partial charge in [-0.3, -0.25) is 4.79 Å². The molecular weight excluding hydrogens is 238 g/mol. The average Bonchev–Trinajstić information content (AvgIpc) is 2.36. The quantitative estimate of drug-likeness (QED) is 0.773. The molecule has 1 aliphatic rings. The Bertz CT molecular complexity index is 430. The van der Waals surface area contributed by atoms with Gasteiger partial charge in [0.05, 0.1) is 11.8 Å². The van der Waals surface area contributed by atoms with Crippen molar-refractivity contribution in [3.05, 3.63) is 42.2 Å². The van der Waals surface area contributed by atoms with Crippen molar-refractivity contribution >= 4 is 23.1 Å². The zero-order valence-corrected chi connectivity index (χ0v) is 10.4. The summed E-state index contributed by atoms with van der Waals surface area (Å²) in [6.45, 7) is 2.33. The van der Waals surface area contributed by atoms with E-state index in [1.165, 1.54) is 6.26 Å². The highest BCUT2D eigenvalue weighted by molar-refractivity contribution is 6.20. The van der Waals surface area contributed by atoms with Gasteiger partial charge in [-0.2, -0.15) is 0 Å². The molecule has 0 saturated heterocycles. The van der Waals surface area contributed by atoms with Crippen molar-refractivity contribution in [2.75, 3.05) is 12.4 Å². The van der Waals surface area contributed by atoms with Gasteiger partial charge in [0.25, 0.3) is 5.91 Å². The number of benzene rings is 1. The molecule has 1 aromatic rings. The first-order chi connectivity index (χ1) is 8.24. The lowest BCUT2D eigenvalue weighted by Gasteiger charge is -2.32. The highest BCUT2D eigenvalue weighted by atomic mass is 35.5. The normalized spacial score (nSPS) is 19.9. The lowest BCUT2D eigenvalue weighted by molar-refractivity contribution is -0.136. The maximum absolute atomic E-state index is 12.2. The van der Waals surface area contributed by atoms with Crippen LogP contribution in [0.4, 0.5) is 0 Å². The van der Waals surface area contributed by atoms with E-state index in [1.54, 1.807) is 4.90 Å². The minimum atomic E-state index is -0.256. The van der Waals surface area contributed by atoms with Crippen LogP contribution in [-0.2, 0) is 9.53 Å². The van der Waals surface area contributed by atoms with Crippen LogP contribution in [0.3, 0.4) is 0 Å². The molecule has 4 heteroatoms. The van der Waals surface area contributed by atoms with Gasteiger partial charge in [-0.25, -0.2) is 0 Å². The Labute approximate surface area is 106 Å². The SMILES string of the molecule is CC1OC=C(c2ccccc2)C(=O)N1CCCl. The second-order valence-corrected chi connectivity index (χ2v) is 4.20. The van der Waals surface area contributed by atoms with Gasteiger partial charge in [-0.1, -0.05) is 30.3 Å². The molecule has 90 valence electrons. The van der Waals surface area contributed by atoms with Crippen molar-refractivity contribution in [1.29, 1.82) is 0 Å². The topological polar surface area (TPSA) is 29.5 Å². The number of carbonyl (C=O) groups excluding carboxylic acids is 1. The fraction of sp³-hybridized carbons (Fsp3) is 0.308. The Balaban J connectivity index is 2.28. The third kappa shape index (κ3) is 2.44. The lowest BCUT2D eigenvalue weighted by atomic mass is 10.1. The van der Waals surface area contributed by atoms with Crippen LogP contribution in [0.2, 0.25) is 0 Å². The van der Waals surface area contributed by atoms with Crippen molar-refractivity contribution in [3.8, 4) is 0 Å². The van der Waals surface area contributed by atoms with Crippen LogP contribution in [0.5, 0.6) is 0 Å². The van der Waals surface area contributed by atoms with Crippen LogP contribution in [0.15, 0.2) is 36.6 Å².